The van der Waals surface area contributed by atoms with E-state index in [0.717, 1.165) is 14.4 Å². The highest BCUT2D eigenvalue weighted by Crippen LogP contribution is 2.31. The van der Waals surface area contributed by atoms with E-state index in [1.54, 1.807) is 5.38 Å². The van der Waals surface area contributed by atoms with Crippen LogP contribution in [0.3, 0.4) is 0 Å². The minimum atomic E-state index is -1.51. The number of rotatable bonds is 6. The highest BCUT2D eigenvalue weighted by molar-refractivity contribution is 9.10. The van der Waals surface area contributed by atoms with Crippen molar-refractivity contribution in [3.05, 3.63) is 27.0 Å². The Morgan fingerprint density at radius 2 is 1.91 bits per heavy atom. The molecule has 10 heteroatoms. The molecule has 0 aromatic carbocycles. The van der Waals surface area contributed by atoms with Gasteiger partial charge < -0.3 is 16.8 Å². The molecule has 0 aliphatic carbocycles. The fourth-order valence-electron chi connectivity index (χ4n) is 1.59. The molecule has 2 rings (SSSR count). The number of halogens is 1. The number of nitrogens with zero attached hydrogens (tertiary/aromatic N) is 1. The van der Waals surface area contributed by atoms with Gasteiger partial charge in [-0.2, -0.15) is 0 Å². The van der Waals surface area contributed by atoms with E-state index < -0.39 is 23.8 Å². The van der Waals surface area contributed by atoms with Gasteiger partial charge in [0.05, 0.1) is 17.0 Å². The summed E-state index contributed by atoms with van der Waals surface area (Å²) in [6.45, 7) is 0. The maximum atomic E-state index is 11.8. The summed E-state index contributed by atoms with van der Waals surface area (Å²) in [5, 5.41) is 6.66. The highest BCUT2D eigenvalue weighted by atomic mass is 79.9. The van der Waals surface area contributed by atoms with Crippen LogP contribution in [0.1, 0.15) is 5.69 Å². The predicted molar refractivity (Wildman–Crippen MR) is 87.2 cm³/mol. The molecule has 2 aromatic rings. The quantitative estimate of drug-likeness (QED) is 0.611. The zero-order valence-corrected chi connectivity index (χ0v) is 14.3. The van der Waals surface area contributed by atoms with Gasteiger partial charge in [0.25, 0.3) is 0 Å². The zero-order valence-electron chi connectivity index (χ0n) is 11.0. The van der Waals surface area contributed by atoms with Crippen LogP contribution in [0, 0.1) is 0 Å². The molecule has 7 nitrogen and oxygen atoms in total. The number of aromatic nitrogens is 1. The van der Waals surface area contributed by atoms with Crippen molar-refractivity contribution in [2.24, 2.45) is 11.5 Å². The van der Waals surface area contributed by atoms with Crippen LogP contribution >= 0.6 is 38.6 Å². The second-order valence-electron chi connectivity index (χ2n) is 4.26. The second-order valence-corrected chi connectivity index (χ2v) is 6.94. The number of hydrogen-bond acceptors (Lipinski definition) is 6. The summed E-state index contributed by atoms with van der Waals surface area (Å²) >= 11 is 6.30. The van der Waals surface area contributed by atoms with Crippen molar-refractivity contribution >= 4 is 56.3 Å². The van der Waals surface area contributed by atoms with E-state index >= 15 is 0 Å². The number of nitrogens with one attached hydrogen (secondary N) is 1. The number of thiophene rings is 1. The van der Waals surface area contributed by atoms with Gasteiger partial charge in [-0.05, 0) is 22.0 Å². The van der Waals surface area contributed by atoms with Gasteiger partial charge in [-0.15, -0.1) is 22.7 Å². The molecule has 0 saturated carbocycles. The molecule has 2 heterocycles. The predicted octanol–water partition coefficient (Wildman–Crippen LogP) is 0.632. The maximum absolute atomic E-state index is 11.8. The summed E-state index contributed by atoms with van der Waals surface area (Å²) in [5.41, 5.74) is 10.5. The van der Waals surface area contributed by atoms with Crippen LogP contribution in [0.15, 0.2) is 21.3 Å². The number of nitrogens with two attached hydrogens (primary N) is 2. The van der Waals surface area contributed by atoms with Crippen LogP contribution in [0.25, 0.3) is 9.88 Å². The van der Waals surface area contributed by atoms with E-state index in [1.165, 1.54) is 22.7 Å². The van der Waals surface area contributed by atoms with Crippen molar-refractivity contribution in [2.45, 2.75) is 12.5 Å². The first-order valence-corrected chi connectivity index (χ1v) is 8.49. The smallest absolute Gasteiger partial charge is 0.249 e. The Kier molecular flexibility index (Phi) is 5.27. The van der Waals surface area contributed by atoms with Crippen molar-refractivity contribution in [1.29, 1.82) is 0 Å². The monoisotopic (exact) mass is 402 g/mol. The number of carbonyl (C=O) groups excluding carboxylic acids is 3. The summed E-state index contributed by atoms with van der Waals surface area (Å²) < 4.78 is 0.966. The van der Waals surface area contributed by atoms with Crippen molar-refractivity contribution in [3.63, 3.8) is 0 Å². The average Bonchev–Trinajstić information content (AvgIpc) is 3.04. The second kappa shape index (κ2) is 6.99. The topological polar surface area (TPSA) is 128 Å². The summed E-state index contributed by atoms with van der Waals surface area (Å²) in [6, 6.07) is 0.419. The van der Waals surface area contributed by atoms with Crippen LogP contribution in [-0.4, -0.2) is 28.7 Å². The summed E-state index contributed by atoms with van der Waals surface area (Å²) in [7, 11) is 0. The third-order valence-electron chi connectivity index (χ3n) is 2.55. The van der Waals surface area contributed by atoms with E-state index in [9.17, 15) is 14.4 Å². The first-order chi connectivity index (χ1) is 10.4. The van der Waals surface area contributed by atoms with Gasteiger partial charge in [0.15, 0.2) is 6.04 Å². The number of thiazole rings is 1. The first kappa shape index (κ1) is 16.6. The van der Waals surface area contributed by atoms with E-state index in [1.807, 2.05) is 11.4 Å². The molecule has 0 fully saturated rings. The Morgan fingerprint density at radius 1 is 1.23 bits per heavy atom. The molecular formula is C12H11BrN4O3S2. The number of carbonyl (C=O) groups is 3. The van der Waals surface area contributed by atoms with Crippen LogP contribution in [0.5, 0.6) is 0 Å². The zero-order chi connectivity index (χ0) is 16.3. The van der Waals surface area contributed by atoms with E-state index in [0.29, 0.717) is 5.69 Å². The molecular weight excluding hydrogens is 392 g/mol. The number of primary amides is 2. The summed E-state index contributed by atoms with van der Waals surface area (Å²) in [4.78, 5) is 39.2. The standard InChI is InChI=1S/C12H11BrN4O3S2/c13-5-1-7(21-3-5)12-16-6(4-22-12)2-8(18)17-9(10(14)19)11(15)20/h1,3-4,9H,2H2,(H2,14,19)(H2,15,20)(H,17,18). The number of amides is 3. The lowest BCUT2D eigenvalue weighted by Crippen LogP contribution is -2.52. The van der Waals surface area contributed by atoms with Gasteiger partial charge >= 0.3 is 0 Å². The van der Waals surface area contributed by atoms with Crippen molar-refractivity contribution in [1.82, 2.24) is 10.3 Å². The molecule has 0 bridgehead atoms. The summed E-state index contributed by atoms with van der Waals surface area (Å²) in [5.74, 6) is -2.54. The Morgan fingerprint density at radius 3 is 2.45 bits per heavy atom. The fourth-order valence-corrected chi connectivity index (χ4v) is 3.91. The minimum Gasteiger partial charge on any atom is -0.367 e. The first-order valence-electron chi connectivity index (χ1n) is 5.93. The minimum absolute atomic E-state index is 0.0693. The molecule has 0 unspecified atom stereocenters. The lowest BCUT2D eigenvalue weighted by atomic mass is 10.2. The van der Waals surface area contributed by atoms with Gasteiger partial charge in [0.1, 0.15) is 5.01 Å². The van der Waals surface area contributed by atoms with Gasteiger partial charge in [-0.25, -0.2) is 4.98 Å². The lowest BCUT2D eigenvalue weighted by molar-refractivity contribution is -0.133. The molecule has 0 saturated heterocycles. The number of hydrogen-bond donors (Lipinski definition) is 3. The van der Waals surface area contributed by atoms with Crippen molar-refractivity contribution in [2.75, 3.05) is 0 Å². The van der Waals surface area contributed by atoms with Crippen molar-refractivity contribution in [3.8, 4) is 9.88 Å². The SMILES string of the molecule is NC(=O)C(NC(=O)Cc1csc(-c2cc(Br)cs2)n1)C(N)=O. The molecule has 22 heavy (non-hydrogen) atoms. The van der Waals surface area contributed by atoms with Gasteiger partial charge in [0, 0.05) is 15.2 Å². The Labute approximate surface area is 141 Å². The van der Waals surface area contributed by atoms with Crippen LogP contribution in [0.2, 0.25) is 0 Å². The van der Waals surface area contributed by atoms with Crippen molar-refractivity contribution < 1.29 is 14.4 Å². The molecule has 0 aliphatic rings. The van der Waals surface area contributed by atoms with Gasteiger partial charge in [-0.3, -0.25) is 14.4 Å². The highest BCUT2D eigenvalue weighted by Gasteiger charge is 2.24. The molecule has 3 amide bonds. The Bertz CT molecular complexity index is 714. The van der Waals surface area contributed by atoms with Crippen LogP contribution < -0.4 is 16.8 Å². The summed E-state index contributed by atoms with van der Waals surface area (Å²) in [6.07, 6.45) is -0.0693. The Balaban J connectivity index is 2.02. The van der Waals surface area contributed by atoms with Crippen LogP contribution in [-0.2, 0) is 20.8 Å². The van der Waals surface area contributed by atoms with E-state index in [-0.39, 0.29) is 6.42 Å². The normalized spacial score (nSPS) is 10.6. The fraction of sp³-hybridized carbons (Fsp3) is 0.167. The van der Waals surface area contributed by atoms with Gasteiger partial charge in [-0.1, -0.05) is 0 Å². The average molecular weight is 403 g/mol. The van der Waals surface area contributed by atoms with E-state index in [4.69, 9.17) is 11.5 Å². The molecule has 116 valence electrons. The van der Waals surface area contributed by atoms with E-state index in [2.05, 4.69) is 26.2 Å². The molecule has 5 N–H and O–H groups in total. The largest absolute Gasteiger partial charge is 0.367 e. The molecule has 0 atom stereocenters. The maximum Gasteiger partial charge on any atom is 0.249 e. The molecule has 2 aromatic heterocycles. The molecule has 0 radical (unpaired) electrons. The third-order valence-corrected chi connectivity index (χ3v) is 5.30. The molecule has 0 aliphatic heterocycles. The third kappa shape index (κ3) is 4.12. The molecule has 0 spiro atoms. The lowest BCUT2D eigenvalue weighted by Gasteiger charge is -2.10. The Hall–Kier alpha value is -1.78. The van der Waals surface area contributed by atoms with Crippen LogP contribution in [0.4, 0.5) is 0 Å². The van der Waals surface area contributed by atoms with Gasteiger partial charge in [0.2, 0.25) is 17.7 Å².